The first kappa shape index (κ1) is 11.9. The number of amides is 2. The predicted octanol–water partition coefficient (Wildman–Crippen LogP) is -0.695. The molecule has 1 saturated carbocycles. The highest BCUT2D eigenvalue weighted by atomic mass is 32.1. The van der Waals surface area contributed by atoms with Gasteiger partial charge >= 0.3 is 11.8 Å². The molecule has 4 N–H and O–H groups in total. The van der Waals surface area contributed by atoms with Gasteiger partial charge in [0.1, 0.15) is 0 Å². The van der Waals surface area contributed by atoms with Crippen LogP contribution < -0.4 is 16.4 Å². The van der Waals surface area contributed by atoms with Crippen molar-refractivity contribution in [1.82, 2.24) is 10.6 Å². The van der Waals surface area contributed by atoms with Crippen molar-refractivity contribution in [2.75, 3.05) is 13.1 Å². The van der Waals surface area contributed by atoms with Crippen molar-refractivity contribution in [2.45, 2.75) is 19.3 Å². The Hall–Kier alpha value is -1.17. The molecular weight excluding hydrogens is 214 g/mol. The molecular formula is C9H15N3O2S. The van der Waals surface area contributed by atoms with Crippen LogP contribution in [0, 0.1) is 5.92 Å². The van der Waals surface area contributed by atoms with Gasteiger partial charge in [0.15, 0.2) is 0 Å². The van der Waals surface area contributed by atoms with Gasteiger partial charge in [-0.05, 0) is 18.8 Å². The van der Waals surface area contributed by atoms with Gasteiger partial charge in [-0.15, -0.1) is 0 Å². The Morgan fingerprint density at radius 1 is 1.27 bits per heavy atom. The number of thiocarbonyl (C=S) groups is 1. The molecule has 1 aliphatic rings. The van der Waals surface area contributed by atoms with Crippen molar-refractivity contribution >= 4 is 29.0 Å². The molecule has 0 aliphatic heterocycles. The van der Waals surface area contributed by atoms with Gasteiger partial charge in [-0.2, -0.15) is 0 Å². The summed E-state index contributed by atoms with van der Waals surface area (Å²) in [6.45, 7) is 0.643. The summed E-state index contributed by atoms with van der Waals surface area (Å²) in [5, 5.41) is 4.90. The van der Waals surface area contributed by atoms with Gasteiger partial charge in [0.2, 0.25) is 0 Å². The molecule has 0 unspecified atom stereocenters. The van der Waals surface area contributed by atoms with Crippen LogP contribution >= 0.6 is 12.2 Å². The molecule has 1 aliphatic carbocycles. The van der Waals surface area contributed by atoms with E-state index in [1.54, 1.807) is 0 Å². The predicted molar refractivity (Wildman–Crippen MR) is 60.1 cm³/mol. The minimum absolute atomic E-state index is 0.0605. The van der Waals surface area contributed by atoms with Gasteiger partial charge in [-0.1, -0.05) is 18.6 Å². The van der Waals surface area contributed by atoms with E-state index in [4.69, 9.17) is 5.73 Å². The SMILES string of the molecule is NC(=S)CNC(=O)C(=O)NCC1CCC1. The highest BCUT2D eigenvalue weighted by Gasteiger charge is 2.20. The lowest BCUT2D eigenvalue weighted by Crippen LogP contribution is -2.44. The molecule has 0 bridgehead atoms. The van der Waals surface area contributed by atoms with Gasteiger partial charge in [0, 0.05) is 6.54 Å². The van der Waals surface area contributed by atoms with Crippen molar-refractivity contribution in [3.8, 4) is 0 Å². The maximum absolute atomic E-state index is 11.2. The van der Waals surface area contributed by atoms with Crippen LogP contribution in [-0.4, -0.2) is 29.9 Å². The van der Waals surface area contributed by atoms with Crippen molar-refractivity contribution in [1.29, 1.82) is 0 Å². The van der Waals surface area contributed by atoms with E-state index >= 15 is 0 Å². The summed E-state index contributed by atoms with van der Waals surface area (Å²) in [4.78, 5) is 22.5. The van der Waals surface area contributed by atoms with E-state index < -0.39 is 11.8 Å². The first-order valence-corrected chi connectivity index (χ1v) is 5.34. The standard InChI is InChI=1S/C9H15N3O2S/c10-7(15)5-12-9(14)8(13)11-4-6-2-1-3-6/h6H,1-5H2,(H2,10,15)(H,11,13)(H,12,14). The van der Waals surface area contributed by atoms with Crippen molar-refractivity contribution < 1.29 is 9.59 Å². The number of rotatable bonds is 4. The lowest BCUT2D eigenvalue weighted by Gasteiger charge is -2.25. The molecule has 0 atom stereocenters. The number of nitrogens with one attached hydrogen (secondary N) is 2. The second kappa shape index (κ2) is 5.65. The van der Waals surface area contributed by atoms with E-state index in [-0.39, 0.29) is 11.5 Å². The van der Waals surface area contributed by atoms with E-state index in [2.05, 4.69) is 22.9 Å². The van der Waals surface area contributed by atoms with E-state index in [1.165, 1.54) is 6.42 Å². The summed E-state index contributed by atoms with van der Waals surface area (Å²) in [6, 6.07) is 0. The fourth-order valence-electron chi connectivity index (χ4n) is 1.26. The van der Waals surface area contributed by atoms with Gasteiger partial charge in [-0.25, -0.2) is 0 Å². The lowest BCUT2D eigenvalue weighted by atomic mass is 9.85. The zero-order chi connectivity index (χ0) is 11.3. The van der Waals surface area contributed by atoms with Crippen LogP contribution in [0.25, 0.3) is 0 Å². The van der Waals surface area contributed by atoms with E-state index in [0.29, 0.717) is 12.5 Å². The molecule has 0 aromatic rings. The molecule has 0 radical (unpaired) electrons. The largest absolute Gasteiger partial charge is 0.392 e. The third kappa shape index (κ3) is 4.24. The van der Waals surface area contributed by atoms with Crippen molar-refractivity contribution in [2.24, 2.45) is 11.7 Å². The first-order valence-electron chi connectivity index (χ1n) is 4.94. The molecule has 15 heavy (non-hydrogen) atoms. The zero-order valence-electron chi connectivity index (χ0n) is 8.41. The number of nitrogens with two attached hydrogens (primary N) is 1. The molecule has 0 spiro atoms. The number of hydrogen-bond donors (Lipinski definition) is 3. The van der Waals surface area contributed by atoms with E-state index in [9.17, 15) is 9.59 Å². The smallest absolute Gasteiger partial charge is 0.309 e. The Morgan fingerprint density at radius 3 is 2.33 bits per heavy atom. The van der Waals surface area contributed by atoms with Gasteiger partial charge < -0.3 is 16.4 Å². The monoisotopic (exact) mass is 229 g/mol. The summed E-state index contributed by atoms with van der Waals surface area (Å²) >= 11 is 4.57. The molecule has 1 fully saturated rings. The minimum atomic E-state index is -0.679. The fraction of sp³-hybridized carbons (Fsp3) is 0.667. The van der Waals surface area contributed by atoms with Crippen LogP contribution in [0.1, 0.15) is 19.3 Å². The first-order chi connectivity index (χ1) is 7.09. The van der Waals surface area contributed by atoms with Crippen LogP contribution in [-0.2, 0) is 9.59 Å². The zero-order valence-corrected chi connectivity index (χ0v) is 9.23. The second-order valence-corrected chi connectivity index (χ2v) is 4.18. The topological polar surface area (TPSA) is 84.2 Å². The van der Waals surface area contributed by atoms with Crippen LogP contribution in [0.5, 0.6) is 0 Å². The quantitative estimate of drug-likeness (QED) is 0.440. The summed E-state index contributed by atoms with van der Waals surface area (Å²) in [5.74, 6) is -0.752. The number of carbonyl (C=O) groups excluding carboxylic acids is 2. The second-order valence-electron chi connectivity index (χ2n) is 3.66. The highest BCUT2D eigenvalue weighted by molar-refractivity contribution is 7.80. The van der Waals surface area contributed by atoms with Crippen molar-refractivity contribution in [3.05, 3.63) is 0 Å². The van der Waals surface area contributed by atoms with Gasteiger partial charge in [0.05, 0.1) is 11.5 Å². The van der Waals surface area contributed by atoms with Crippen LogP contribution in [0.15, 0.2) is 0 Å². The van der Waals surface area contributed by atoms with Crippen molar-refractivity contribution in [3.63, 3.8) is 0 Å². The Labute approximate surface area is 93.8 Å². The normalized spacial score (nSPS) is 15.2. The third-order valence-electron chi connectivity index (χ3n) is 2.41. The molecule has 1 rings (SSSR count). The average Bonchev–Trinajstić information content (AvgIpc) is 2.11. The average molecular weight is 229 g/mol. The summed E-state index contributed by atoms with van der Waals surface area (Å²) in [5.41, 5.74) is 5.18. The van der Waals surface area contributed by atoms with Crippen LogP contribution in [0.3, 0.4) is 0 Å². The molecule has 0 aromatic heterocycles. The maximum Gasteiger partial charge on any atom is 0.309 e. The third-order valence-corrected chi connectivity index (χ3v) is 2.55. The Morgan fingerprint density at radius 2 is 1.87 bits per heavy atom. The van der Waals surface area contributed by atoms with Gasteiger partial charge in [0.25, 0.3) is 0 Å². The number of hydrogen-bond acceptors (Lipinski definition) is 3. The summed E-state index contributed by atoms with van der Waals surface area (Å²) in [7, 11) is 0. The Balaban J connectivity index is 2.14. The summed E-state index contributed by atoms with van der Waals surface area (Å²) in [6.07, 6.45) is 3.48. The molecule has 0 saturated heterocycles. The molecule has 0 heterocycles. The molecule has 2 amide bonds. The summed E-state index contributed by atoms with van der Waals surface area (Å²) < 4.78 is 0. The maximum atomic E-state index is 11.2. The molecule has 84 valence electrons. The van der Waals surface area contributed by atoms with E-state index in [1.807, 2.05) is 0 Å². The lowest BCUT2D eigenvalue weighted by molar-refractivity contribution is -0.139. The Kier molecular flexibility index (Phi) is 4.48. The molecule has 6 heteroatoms. The fourth-order valence-corrected chi connectivity index (χ4v) is 1.33. The van der Waals surface area contributed by atoms with Crippen LogP contribution in [0.4, 0.5) is 0 Å². The minimum Gasteiger partial charge on any atom is -0.392 e. The Bertz CT molecular complexity index is 277. The highest BCUT2D eigenvalue weighted by Crippen LogP contribution is 2.24. The molecule has 0 aromatic carbocycles. The van der Waals surface area contributed by atoms with E-state index in [0.717, 1.165) is 12.8 Å². The van der Waals surface area contributed by atoms with Crippen LogP contribution in [0.2, 0.25) is 0 Å². The van der Waals surface area contributed by atoms with Gasteiger partial charge in [-0.3, -0.25) is 9.59 Å². The molecule has 5 nitrogen and oxygen atoms in total. The number of carbonyl (C=O) groups is 2.